The third-order valence-corrected chi connectivity index (χ3v) is 13.2. The minimum atomic E-state index is -1.79. The number of benzene rings is 7. The smallest absolute Gasteiger partial charge is 0.253 e. The van der Waals surface area contributed by atoms with Gasteiger partial charge in [-0.25, -0.2) is 0 Å². The molecule has 0 aromatic heterocycles. The molecule has 2 heterocycles. The maximum atomic E-state index is 6.95. The molecule has 46 heavy (non-hydrogen) atoms. The number of anilines is 3. The molecule has 0 radical (unpaired) electrons. The van der Waals surface area contributed by atoms with Crippen molar-refractivity contribution in [2.75, 3.05) is 4.90 Å². The average molecular weight is 608 g/mol. The van der Waals surface area contributed by atoms with Crippen LogP contribution in [0.3, 0.4) is 0 Å². The fraction of sp³-hybridized carbons (Fsp3) is 0. The number of hydrogen-bond acceptors (Lipinski definition) is 2. The molecule has 0 amide bonds. The van der Waals surface area contributed by atoms with Gasteiger partial charge in [0.25, 0.3) is 6.71 Å². The van der Waals surface area contributed by atoms with Gasteiger partial charge < -0.3 is 9.64 Å². The SMILES string of the molecule is c1ccc(N(c2ccccc2)c2ccc3c(c2)Oc2cccc4c2B3c2ccccc2S4(c2ccccc2)c2ccccc2)cc1. The Kier molecular flexibility index (Phi) is 6.36. The Hall–Kier alpha value is -5.45. The zero-order valence-electron chi connectivity index (χ0n) is 25.2. The molecule has 7 aromatic rings. The van der Waals surface area contributed by atoms with Crippen molar-refractivity contribution in [1.29, 1.82) is 0 Å². The molecule has 2 aliphatic rings. The van der Waals surface area contributed by atoms with Gasteiger partial charge in [-0.15, -0.1) is 10.0 Å². The lowest BCUT2D eigenvalue weighted by atomic mass is 9.35. The van der Waals surface area contributed by atoms with E-state index < -0.39 is 10.0 Å². The van der Waals surface area contributed by atoms with E-state index >= 15 is 0 Å². The van der Waals surface area contributed by atoms with E-state index in [9.17, 15) is 0 Å². The monoisotopic (exact) mass is 607 g/mol. The molecular formula is C42H30BNOS. The molecule has 0 fully saturated rings. The molecule has 4 heteroatoms. The maximum Gasteiger partial charge on any atom is 0.253 e. The molecule has 0 atom stereocenters. The first kappa shape index (κ1) is 26.9. The summed E-state index contributed by atoms with van der Waals surface area (Å²) in [5.74, 6) is 1.84. The highest BCUT2D eigenvalue weighted by Crippen LogP contribution is 2.74. The second-order valence-electron chi connectivity index (χ2n) is 11.7. The fourth-order valence-electron chi connectivity index (χ4n) is 7.36. The second-order valence-corrected chi connectivity index (χ2v) is 14.8. The predicted molar refractivity (Wildman–Crippen MR) is 192 cm³/mol. The van der Waals surface area contributed by atoms with Crippen LogP contribution in [0.2, 0.25) is 0 Å². The van der Waals surface area contributed by atoms with Crippen LogP contribution in [-0.2, 0) is 0 Å². The summed E-state index contributed by atoms with van der Waals surface area (Å²) in [4.78, 5) is 7.72. The zero-order chi connectivity index (χ0) is 30.5. The molecule has 0 unspecified atom stereocenters. The molecule has 0 N–H and O–H groups in total. The molecular weight excluding hydrogens is 577 g/mol. The van der Waals surface area contributed by atoms with Crippen molar-refractivity contribution in [3.8, 4) is 11.5 Å². The van der Waals surface area contributed by atoms with E-state index in [0.717, 1.165) is 28.6 Å². The van der Waals surface area contributed by atoms with Crippen LogP contribution in [0, 0.1) is 0 Å². The Morgan fingerprint density at radius 2 is 0.957 bits per heavy atom. The minimum absolute atomic E-state index is 0.0650. The Labute approximate surface area is 272 Å². The summed E-state index contributed by atoms with van der Waals surface area (Å²) in [6.45, 7) is 0.0650. The topological polar surface area (TPSA) is 12.5 Å². The van der Waals surface area contributed by atoms with Gasteiger partial charge in [-0.05, 0) is 88.6 Å². The van der Waals surface area contributed by atoms with E-state index in [1.807, 2.05) is 0 Å². The van der Waals surface area contributed by atoms with Gasteiger partial charge in [0, 0.05) is 37.8 Å². The van der Waals surface area contributed by atoms with E-state index in [2.05, 4.69) is 187 Å². The number of fused-ring (bicyclic) bond motifs is 4. The lowest BCUT2D eigenvalue weighted by Crippen LogP contribution is -2.59. The standard InChI is InChI=1S/C42H30BNOS/c1-5-16-31(17-6-1)44(32-18-7-2-8-19-32)33-28-29-36-39(30-33)45-38-25-15-27-41-42(38)43(36)37-24-13-14-26-40(37)46(41,34-20-9-3-10-21-34)35-22-11-4-12-23-35/h1-30H. The predicted octanol–water partition coefficient (Wildman–Crippen LogP) is 9.43. The van der Waals surface area contributed by atoms with Gasteiger partial charge in [-0.3, -0.25) is 0 Å². The zero-order valence-corrected chi connectivity index (χ0v) is 26.0. The minimum Gasteiger partial charge on any atom is -0.458 e. The van der Waals surface area contributed by atoms with Crippen LogP contribution in [0.4, 0.5) is 17.1 Å². The first-order valence-corrected chi connectivity index (χ1v) is 17.3. The Balaban J connectivity index is 1.29. The van der Waals surface area contributed by atoms with Gasteiger partial charge in [0.15, 0.2) is 0 Å². The summed E-state index contributed by atoms with van der Waals surface area (Å²) >= 11 is 0. The molecule has 9 rings (SSSR count). The van der Waals surface area contributed by atoms with Crippen LogP contribution in [-0.4, -0.2) is 6.71 Å². The van der Waals surface area contributed by atoms with E-state index in [1.54, 1.807) is 0 Å². The highest BCUT2D eigenvalue weighted by Gasteiger charge is 2.48. The van der Waals surface area contributed by atoms with Crippen LogP contribution >= 0.6 is 10.0 Å². The maximum absolute atomic E-state index is 6.95. The highest BCUT2D eigenvalue weighted by molar-refractivity contribution is 8.34. The van der Waals surface area contributed by atoms with Crippen molar-refractivity contribution in [2.45, 2.75) is 19.6 Å². The number of hydrogen-bond donors (Lipinski definition) is 0. The van der Waals surface area contributed by atoms with Crippen molar-refractivity contribution in [1.82, 2.24) is 0 Å². The number of nitrogens with zero attached hydrogens (tertiary/aromatic N) is 1. The summed E-state index contributed by atoms with van der Waals surface area (Å²) < 4.78 is 6.95. The van der Waals surface area contributed by atoms with Crippen LogP contribution in [0.5, 0.6) is 11.5 Å². The summed E-state index contributed by atoms with van der Waals surface area (Å²) in [5.41, 5.74) is 7.11. The van der Waals surface area contributed by atoms with Crippen molar-refractivity contribution in [2.24, 2.45) is 0 Å². The lowest BCUT2D eigenvalue weighted by molar-refractivity contribution is 0.486. The molecule has 0 saturated carbocycles. The lowest BCUT2D eigenvalue weighted by Gasteiger charge is -2.49. The van der Waals surface area contributed by atoms with Crippen LogP contribution in [0.25, 0.3) is 0 Å². The summed E-state index contributed by atoms with van der Waals surface area (Å²) in [7, 11) is -1.79. The van der Waals surface area contributed by atoms with E-state index in [1.165, 1.54) is 36.0 Å². The van der Waals surface area contributed by atoms with Crippen molar-refractivity contribution in [3.05, 3.63) is 182 Å². The average Bonchev–Trinajstić information content (AvgIpc) is 3.13. The normalized spacial score (nSPS) is 14.2. The van der Waals surface area contributed by atoms with E-state index in [-0.39, 0.29) is 6.71 Å². The summed E-state index contributed by atoms with van der Waals surface area (Å²) in [5, 5.41) is 0. The van der Waals surface area contributed by atoms with Crippen molar-refractivity contribution >= 4 is 50.2 Å². The first-order valence-electron chi connectivity index (χ1n) is 15.7. The third-order valence-electron chi connectivity index (χ3n) is 9.21. The highest BCUT2D eigenvalue weighted by atomic mass is 32.3. The third kappa shape index (κ3) is 4.00. The molecule has 218 valence electrons. The van der Waals surface area contributed by atoms with Gasteiger partial charge in [-0.1, -0.05) is 109 Å². The molecule has 2 aliphatic heterocycles. The number of para-hydroxylation sites is 2. The molecule has 2 nitrogen and oxygen atoms in total. The Morgan fingerprint density at radius 1 is 0.413 bits per heavy atom. The van der Waals surface area contributed by atoms with Gasteiger partial charge >= 0.3 is 0 Å². The van der Waals surface area contributed by atoms with Crippen LogP contribution in [0.15, 0.2) is 202 Å². The van der Waals surface area contributed by atoms with Gasteiger partial charge in [0.2, 0.25) is 0 Å². The molecule has 0 saturated heterocycles. The Bertz CT molecular complexity index is 2110. The number of rotatable bonds is 5. The summed E-state index contributed by atoms with van der Waals surface area (Å²) in [6, 6.07) is 65.8. The fourth-order valence-corrected chi connectivity index (χ4v) is 11.7. The number of ether oxygens (including phenoxy) is 1. The van der Waals surface area contributed by atoms with Crippen LogP contribution in [0.1, 0.15) is 0 Å². The van der Waals surface area contributed by atoms with E-state index in [4.69, 9.17) is 4.74 Å². The van der Waals surface area contributed by atoms with E-state index in [0.29, 0.717) is 0 Å². The molecule has 7 aromatic carbocycles. The molecule has 0 spiro atoms. The second kappa shape index (κ2) is 10.9. The first-order chi connectivity index (χ1) is 22.8. The molecule has 0 bridgehead atoms. The molecule has 0 aliphatic carbocycles. The van der Waals surface area contributed by atoms with Gasteiger partial charge in [0.1, 0.15) is 11.5 Å². The van der Waals surface area contributed by atoms with Crippen LogP contribution < -0.4 is 26.0 Å². The van der Waals surface area contributed by atoms with Crippen molar-refractivity contribution < 1.29 is 4.74 Å². The van der Waals surface area contributed by atoms with Crippen molar-refractivity contribution in [3.63, 3.8) is 0 Å². The van der Waals surface area contributed by atoms with Gasteiger partial charge in [-0.2, -0.15) is 0 Å². The quantitative estimate of drug-likeness (QED) is 0.181. The summed E-state index contributed by atoms with van der Waals surface area (Å²) in [6.07, 6.45) is 0. The largest absolute Gasteiger partial charge is 0.458 e. The van der Waals surface area contributed by atoms with Gasteiger partial charge in [0.05, 0.1) is 0 Å². The Morgan fingerprint density at radius 3 is 1.59 bits per heavy atom.